The summed E-state index contributed by atoms with van der Waals surface area (Å²) in [4.78, 5) is 14.9. The lowest BCUT2D eigenvalue weighted by Gasteiger charge is -2.43. The number of carbonyl (C=O) groups excluding carboxylic acids is 1. The number of nitrogens with zero attached hydrogens (tertiary/aromatic N) is 1. The number of nitrogens with one attached hydrogen (secondary N) is 1. The highest BCUT2D eigenvalue weighted by Crippen LogP contribution is 2.41. The van der Waals surface area contributed by atoms with E-state index in [9.17, 15) is 4.79 Å². The Kier molecular flexibility index (Phi) is 5.34. The number of amides is 1. The van der Waals surface area contributed by atoms with E-state index in [2.05, 4.69) is 22.3 Å². The zero-order valence-corrected chi connectivity index (χ0v) is 13.8. The summed E-state index contributed by atoms with van der Waals surface area (Å²) in [7, 11) is 0. The smallest absolute Gasteiger partial charge is 0.234 e. The number of aliphatic hydroxyl groups excluding tert-OH is 1. The molecule has 1 aromatic carbocycles. The molecule has 1 saturated carbocycles. The SMILES string of the molecule is O=C(CN1CCC[C@@H]1CCCO)NC1(c2ccccc2)CCC1. The molecule has 0 radical (unpaired) electrons. The van der Waals surface area contributed by atoms with E-state index >= 15 is 0 Å². The van der Waals surface area contributed by atoms with Crippen molar-refractivity contribution in [3.63, 3.8) is 0 Å². The first-order valence-electron chi connectivity index (χ1n) is 8.95. The maximum atomic E-state index is 12.6. The lowest BCUT2D eigenvalue weighted by atomic mass is 9.72. The van der Waals surface area contributed by atoms with E-state index in [-0.39, 0.29) is 18.1 Å². The molecule has 3 rings (SSSR count). The molecular weight excluding hydrogens is 288 g/mol. The highest BCUT2D eigenvalue weighted by Gasteiger charge is 2.40. The molecule has 2 fully saturated rings. The number of hydrogen-bond donors (Lipinski definition) is 2. The minimum absolute atomic E-state index is 0.140. The molecule has 4 heteroatoms. The lowest BCUT2D eigenvalue weighted by Crippen LogP contribution is -2.53. The minimum atomic E-state index is -0.140. The number of aliphatic hydroxyl groups is 1. The Morgan fingerprint density at radius 3 is 2.70 bits per heavy atom. The van der Waals surface area contributed by atoms with Crippen molar-refractivity contribution >= 4 is 5.91 Å². The van der Waals surface area contributed by atoms with Gasteiger partial charge in [0.25, 0.3) is 0 Å². The summed E-state index contributed by atoms with van der Waals surface area (Å²) in [6.45, 7) is 1.74. The molecule has 1 saturated heterocycles. The molecule has 0 unspecified atom stereocenters. The van der Waals surface area contributed by atoms with E-state index in [0.29, 0.717) is 12.6 Å². The normalized spacial score (nSPS) is 23.4. The Hall–Kier alpha value is -1.39. The van der Waals surface area contributed by atoms with Crippen LogP contribution in [-0.2, 0) is 10.3 Å². The van der Waals surface area contributed by atoms with Crippen LogP contribution in [0.5, 0.6) is 0 Å². The van der Waals surface area contributed by atoms with Gasteiger partial charge in [-0.3, -0.25) is 9.69 Å². The van der Waals surface area contributed by atoms with Gasteiger partial charge in [-0.05, 0) is 57.1 Å². The van der Waals surface area contributed by atoms with Gasteiger partial charge in [0.2, 0.25) is 5.91 Å². The van der Waals surface area contributed by atoms with Crippen LogP contribution >= 0.6 is 0 Å². The Labute approximate surface area is 138 Å². The molecule has 0 spiro atoms. The molecule has 1 aromatic rings. The number of hydrogen-bond acceptors (Lipinski definition) is 3. The van der Waals surface area contributed by atoms with Gasteiger partial charge in [0, 0.05) is 12.6 Å². The van der Waals surface area contributed by atoms with Gasteiger partial charge >= 0.3 is 0 Å². The van der Waals surface area contributed by atoms with Crippen LogP contribution in [-0.4, -0.2) is 41.7 Å². The third-order valence-electron chi connectivity index (χ3n) is 5.45. The van der Waals surface area contributed by atoms with E-state index in [1.54, 1.807) is 0 Å². The molecule has 2 aliphatic rings. The van der Waals surface area contributed by atoms with Gasteiger partial charge in [0.05, 0.1) is 12.1 Å². The summed E-state index contributed by atoms with van der Waals surface area (Å²) in [6.07, 6.45) is 7.39. The largest absolute Gasteiger partial charge is 0.396 e. The number of likely N-dealkylation sites (tertiary alicyclic amines) is 1. The fraction of sp³-hybridized carbons (Fsp3) is 0.632. The minimum Gasteiger partial charge on any atom is -0.396 e. The second-order valence-electron chi connectivity index (χ2n) is 6.98. The maximum Gasteiger partial charge on any atom is 0.234 e. The van der Waals surface area contributed by atoms with Crippen molar-refractivity contribution in [3.05, 3.63) is 35.9 Å². The van der Waals surface area contributed by atoms with Crippen LogP contribution < -0.4 is 5.32 Å². The number of benzene rings is 1. The fourth-order valence-corrected chi connectivity index (χ4v) is 4.02. The molecule has 23 heavy (non-hydrogen) atoms. The molecule has 126 valence electrons. The van der Waals surface area contributed by atoms with Crippen LogP contribution in [0.3, 0.4) is 0 Å². The predicted molar refractivity (Wildman–Crippen MR) is 91.0 cm³/mol. The van der Waals surface area contributed by atoms with Crippen molar-refractivity contribution in [2.75, 3.05) is 19.7 Å². The summed E-state index contributed by atoms with van der Waals surface area (Å²) in [5.74, 6) is 0.143. The average molecular weight is 316 g/mol. The Bertz CT molecular complexity index is 513. The standard InChI is InChI=1S/C19H28N2O2/c22-14-5-10-17-9-4-13-21(17)15-18(23)20-19(11-6-12-19)16-7-2-1-3-8-16/h1-3,7-8,17,22H,4-6,9-15H2,(H,20,23)/t17-/m1/s1. The third-order valence-corrected chi connectivity index (χ3v) is 5.45. The van der Waals surface area contributed by atoms with Gasteiger partial charge in [-0.25, -0.2) is 0 Å². The average Bonchev–Trinajstić information content (AvgIpc) is 2.96. The van der Waals surface area contributed by atoms with Crippen LogP contribution in [0.25, 0.3) is 0 Å². The monoisotopic (exact) mass is 316 g/mol. The molecule has 4 nitrogen and oxygen atoms in total. The third kappa shape index (κ3) is 3.75. The molecule has 2 N–H and O–H groups in total. The van der Waals surface area contributed by atoms with Crippen LogP contribution in [0.4, 0.5) is 0 Å². The number of rotatable bonds is 7. The van der Waals surface area contributed by atoms with Crippen LogP contribution in [0.2, 0.25) is 0 Å². The Balaban J connectivity index is 1.58. The van der Waals surface area contributed by atoms with Gasteiger partial charge in [-0.1, -0.05) is 30.3 Å². The van der Waals surface area contributed by atoms with Gasteiger partial charge in [-0.15, -0.1) is 0 Å². The molecular formula is C19H28N2O2. The van der Waals surface area contributed by atoms with Gasteiger partial charge in [0.15, 0.2) is 0 Å². The van der Waals surface area contributed by atoms with E-state index in [1.807, 2.05) is 18.2 Å². The molecule has 0 bridgehead atoms. The van der Waals surface area contributed by atoms with Crippen LogP contribution in [0.15, 0.2) is 30.3 Å². The fourth-order valence-electron chi connectivity index (χ4n) is 4.02. The highest BCUT2D eigenvalue weighted by atomic mass is 16.3. The molecule has 1 aliphatic heterocycles. The summed E-state index contributed by atoms with van der Waals surface area (Å²) in [5.41, 5.74) is 1.09. The second-order valence-corrected chi connectivity index (χ2v) is 6.98. The molecule has 1 aliphatic carbocycles. The Morgan fingerprint density at radius 2 is 2.04 bits per heavy atom. The second kappa shape index (κ2) is 7.45. The van der Waals surface area contributed by atoms with Crippen molar-refractivity contribution in [2.45, 2.75) is 56.5 Å². The lowest BCUT2D eigenvalue weighted by molar-refractivity contribution is -0.125. The topological polar surface area (TPSA) is 52.6 Å². The maximum absolute atomic E-state index is 12.6. The van der Waals surface area contributed by atoms with E-state index in [4.69, 9.17) is 5.11 Å². The van der Waals surface area contributed by atoms with Gasteiger partial charge in [0.1, 0.15) is 0 Å². The van der Waals surface area contributed by atoms with Crippen LogP contribution in [0, 0.1) is 0 Å². The molecule has 1 heterocycles. The highest BCUT2D eigenvalue weighted by molar-refractivity contribution is 5.79. The van der Waals surface area contributed by atoms with Crippen molar-refractivity contribution in [1.29, 1.82) is 0 Å². The zero-order valence-electron chi connectivity index (χ0n) is 13.8. The van der Waals surface area contributed by atoms with E-state index in [0.717, 1.165) is 45.1 Å². The van der Waals surface area contributed by atoms with E-state index < -0.39 is 0 Å². The molecule has 1 atom stereocenters. The van der Waals surface area contributed by atoms with Crippen molar-refractivity contribution in [1.82, 2.24) is 10.2 Å². The Morgan fingerprint density at radius 1 is 1.26 bits per heavy atom. The summed E-state index contributed by atoms with van der Waals surface area (Å²) < 4.78 is 0. The van der Waals surface area contributed by atoms with Crippen molar-refractivity contribution < 1.29 is 9.90 Å². The van der Waals surface area contributed by atoms with Gasteiger partial charge < -0.3 is 10.4 Å². The summed E-state index contributed by atoms with van der Waals surface area (Å²) in [6, 6.07) is 10.8. The van der Waals surface area contributed by atoms with Crippen molar-refractivity contribution in [3.8, 4) is 0 Å². The van der Waals surface area contributed by atoms with Crippen LogP contribution in [0.1, 0.15) is 50.5 Å². The first kappa shape index (κ1) is 16.5. The molecule has 0 aromatic heterocycles. The first-order chi connectivity index (χ1) is 11.2. The first-order valence-corrected chi connectivity index (χ1v) is 8.95. The van der Waals surface area contributed by atoms with Gasteiger partial charge in [-0.2, -0.15) is 0 Å². The predicted octanol–water partition coefficient (Wildman–Crippen LogP) is 2.42. The summed E-state index contributed by atoms with van der Waals surface area (Å²) >= 11 is 0. The number of carbonyl (C=O) groups is 1. The van der Waals surface area contributed by atoms with E-state index in [1.165, 1.54) is 12.0 Å². The molecule has 1 amide bonds. The quantitative estimate of drug-likeness (QED) is 0.812. The van der Waals surface area contributed by atoms with Crippen molar-refractivity contribution in [2.24, 2.45) is 0 Å². The summed E-state index contributed by atoms with van der Waals surface area (Å²) in [5, 5.41) is 12.3. The zero-order chi connectivity index (χ0) is 16.1.